The number of rotatable bonds is 3. The Balaban J connectivity index is 0.00000280. The van der Waals surface area contributed by atoms with Crippen LogP contribution in [0.25, 0.3) is 0 Å². The molecule has 0 saturated carbocycles. The van der Waals surface area contributed by atoms with Crippen molar-refractivity contribution in [3.8, 4) is 0 Å². The van der Waals surface area contributed by atoms with E-state index in [1.165, 1.54) is 11.0 Å². The highest BCUT2D eigenvalue weighted by molar-refractivity contribution is 5.89. The number of carbonyl (C=O) groups is 2. The maximum Gasteiger partial charge on any atom is 0.416 e. The summed E-state index contributed by atoms with van der Waals surface area (Å²) in [6.45, 7) is 5.64. The number of benzene rings is 1. The Morgan fingerprint density at radius 1 is 1.29 bits per heavy atom. The molecule has 3 rings (SSSR count). The first-order valence-corrected chi connectivity index (χ1v) is 9.14. The SMILES string of the molecule is CC1NCCN(C(=O)C2CC(=O)N(Cc3cccc(C(F)(F)F)c3)C2)C1C.Cl. The second-order valence-corrected chi connectivity index (χ2v) is 7.39. The molecule has 28 heavy (non-hydrogen) atoms. The molecule has 1 aromatic rings. The molecule has 0 aliphatic carbocycles. The Morgan fingerprint density at radius 2 is 2.00 bits per heavy atom. The van der Waals surface area contributed by atoms with Crippen LogP contribution in [-0.4, -0.2) is 53.3 Å². The molecular formula is C19H25ClF3N3O2. The van der Waals surface area contributed by atoms with Crippen LogP contribution in [0.1, 0.15) is 31.4 Å². The molecule has 156 valence electrons. The lowest BCUT2D eigenvalue weighted by atomic mass is 10.0. The van der Waals surface area contributed by atoms with Gasteiger partial charge >= 0.3 is 6.18 Å². The van der Waals surface area contributed by atoms with E-state index in [0.717, 1.165) is 12.1 Å². The molecule has 2 amide bonds. The number of piperazine rings is 1. The minimum atomic E-state index is -4.42. The Hall–Kier alpha value is -1.80. The van der Waals surface area contributed by atoms with Crippen molar-refractivity contribution in [3.63, 3.8) is 0 Å². The van der Waals surface area contributed by atoms with E-state index in [9.17, 15) is 22.8 Å². The van der Waals surface area contributed by atoms with E-state index >= 15 is 0 Å². The van der Waals surface area contributed by atoms with Gasteiger partial charge in [-0.2, -0.15) is 13.2 Å². The van der Waals surface area contributed by atoms with Crippen LogP contribution in [0.15, 0.2) is 24.3 Å². The van der Waals surface area contributed by atoms with Crippen molar-refractivity contribution >= 4 is 24.2 Å². The molecule has 0 bridgehead atoms. The van der Waals surface area contributed by atoms with Gasteiger partial charge in [0.25, 0.3) is 0 Å². The van der Waals surface area contributed by atoms with Gasteiger partial charge in [-0.15, -0.1) is 12.4 Å². The van der Waals surface area contributed by atoms with E-state index in [1.54, 1.807) is 6.07 Å². The molecule has 1 N–H and O–H groups in total. The predicted molar refractivity (Wildman–Crippen MR) is 101 cm³/mol. The highest BCUT2D eigenvalue weighted by atomic mass is 35.5. The van der Waals surface area contributed by atoms with Gasteiger partial charge in [-0.1, -0.05) is 12.1 Å². The summed E-state index contributed by atoms with van der Waals surface area (Å²) in [7, 11) is 0. The number of nitrogens with one attached hydrogen (secondary N) is 1. The van der Waals surface area contributed by atoms with Gasteiger partial charge in [-0.05, 0) is 31.5 Å². The molecule has 2 heterocycles. The van der Waals surface area contributed by atoms with Crippen molar-refractivity contribution in [1.82, 2.24) is 15.1 Å². The fraction of sp³-hybridized carbons (Fsp3) is 0.579. The Kier molecular flexibility index (Phi) is 6.98. The number of hydrogen-bond donors (Lipinski definition) is 1. The van der Waals surface area contributed by atoms with E-state index in [2.05, 4.69) is 5.32 Å². The number of halogens is 4. The third-order valence-corrected chi connectivity index (χ3v) is 5.51. The number of amides is 2. The highest BCUT2D eigenvalue weighted by Gasteiger charge is 2.39. The highest BCUT2D eigenvalue weighted by Crippen LogP contribution is 2.30. The van der Waals surface area contributed by atoms with Crippen LogP contribution < -0.4 is 5.32 Å². The van der Waals surface area contributed by atoms with Crippen LogP contribution in [0.3, 0.4) is 0 Å². The van der Waals surface area contributed by atoms with E-state index in [1.807, 2.05) is 18.7 Å². The normalized spacial score (nSPS) is 25.6. The van der Waals surface area contributed by atoms with Gasteiger partial charge in [-0.3, -0.25) is 9.59 Å². The summed E-state index contributed by atoms with van der Waals surface area (Å²) in [6.07, 6.45) is -4.30. The van der Waals surface area contributed by atoms with Crippen LogP contribution in [0.4, 0.5) is 13.2 Å². The first-order valence-electron chi connectivity index (χ1n) is 9.14. The van der Waals surface area contributed by atoms with E-state index < -0.39 is 17.7 Å². The van der Waals surface area contributed by atoms with Gasteiger partial charge in [-0.25, -0.2) is 0 Å². The Labute approximate surface area is 168 Å². The molecule has 2 aliphatic rings. The van der Waals surface area contributed by atoms with Crippen molar-refractivity contribution in [1.29, 1.82) is 0 Å². The fourth-order valence-corrected chi connectivity index (χ4v) is 3.76. The summed E-state index contributed by atoms with van der Waals surface area (Å²) in [6, 6.07) is 5.19. The minimum Gasteiger partial charge on any atom is -0.338 e. The number of likely N-dealkylation sites (tertiary alicyclic amines) is 1. The third-order valence-electron chi connectivity index (χ3n) is 5.51. The molecule has 0 spiro atoms. The average Bonchev–Trinajstić information content (AvgIpc) is 2.97. The van der Waals surface area contributed by atoms with Gasteiger partial charge in [0.05, 0.1) is 11.5 Å². The molecule has 3 unspecified atom stereocenters. The second kappa shape index (κ2) is 8.69. The largest absolute Gasteiger partial charge is 0.416 e. The van der Waals surface area contributed by atoms with Gasteiger partial charge in [0.2, 0.25) is 11.8 Å². The molecule has 1 aromatic carbocycles. The first-order chi connectivity index (χ1) is 12.7. The summed E-state index contributed by atoms with van der Waals surface area (Å²) in [5.41, 5.74) is -0.321. The summed E-state index contributed by atoms with van der Waals surface area (Å²) in [5.74, 6) is -0.673. The molecule has 9 heteroatoms. The van der Waals surface area contributed by atoms with Crippen molar-refractivity contribution in [3.05, 3.63) is 35.4 Å². The summed E-state index contributed by atoms with van der Waals surface area (Å²) in [4.78, 5) is 28.5. The van der Waals surface area contributed by atoms with E-state index in [4.69, 9.17) is 0 Å². The lowest BCUT2D eigenvalue weighted by Gasteiger charge is -2.39. The smallest absolute Gasteiger partial charge is 0.338 e. The second-order valence-electron chi connectivity index (χ2n) is 7.39. The fourth-order valence-electron chi connectivity index (χ4n) is 3.76. The third kappa shape index (κ3) is 4.78. The lowest BCUT2D eigenvalue weighted by Crippen LogP contribution is -2.58. The molecule has 2 fully saturated rings. The molecule has 0 radical (unpaired) electrons. The standard InChI is InChI=1S/C19H24F3N3O2.ClH/c1-12-13(2)25(7-6-23-12)18(27)15-9-17(26)24(11-15)10-14-4-3-5-16(8-14)19(20,21)22;/h3-5,8,12-13,15,23H,6-7,9-11H2,1-2H3;1H. The van der Waals surface area contributed by atoms with E-state index in [-0.39, 0.29) is 55.8 Å². The van der Waals surface area contributed by atoms with Crippen molar-refractivity contribution < 1.29 is 22.8 Å². The van der Waals surface area contributed by atoms with Crippen LogP contribution in [0, 0.1) is 5.92 Å². The molecular weight excluding hydrogens is 395 g/mol. The topological polar surface area (TPSA) is 52.7 Å². The monoisotopic (exact) mass is 419 g/mol. The predicted octanol–water partition coefficient (Wildman–Crippen LogP) is 2.68. The average molecular weight is 420 g/mol. The Morgan fingerprint density at radius 3 is 2.68 bits per heavy atom. The first kappa shape index (κ1) is 22.5. The van der Waals surface area contributed by atoms with Crippen molar-refractivity contribution in [2.24, 2.45) is 5.92 Å². The quantitative estimate of drug-likeness (QED) is 0.819. The summed E-state index contributed by atoms with van der Waals surface area (Å²) >= 11 is 0. The molecule has 5 nitrogen and oxygen atoms in total. The van der Waals surface area contributed by atoms with Crippen LogP contribution >= 0.6 is 12.4 Å². The molecule has 2 saturated heterocycles. The number of hydrogen-bond acceptors (Lipinski definition) is 3. The summed E-state index contributed by atoms with van der Waals surface area (Å²) < 4.78 is 38.6. The summed E-state index contributed by atoms with van der Waals surface area (Å²) in [5, 5.41) is 3.31. The zero-order chi connectivity index (χ0) is 19.8. The molecule has 0 aromatic heterocycles. The maximum absolute atomic E-state index is 12.9. The Bertz CT molecular complexity index is 729. The van der Waals surface area contributed by atoms with Crippen LogP contribution in [-0.2, 0) is 22.3 Å². The lowest BCUT2D eigenvalue weighted by molar-refractivity contribution is -0.139. The van der Waals surface area contributed by atoms with Gasteiger partial charge < -0.3 is 15.1 Å². The van der Waals surface area contributed by atoms with Crippen LogP contribution in [0.5, 0.6) is 0 Å². The van der Waals surface area contributed by atoms with E-state index in [0.29, 0.717) is 18.7 Å². The number of alkyl halides is 3. The van der Waals surface area contributed by atoms with Crippen molar-refractivity contribution in [2.75, 3.05) is 19.6 Å². The van der Waals surface area contributed by atoms with Crippen LogP contribution in [0.2, 0.25) is 0 Å². The molecule has 2 aliphatic heterocycles. The number of carbonyl (C=O) groups excluding carboxylic acids is 2. The zero-order valence-corrected chi connectivity index (χ0v) is 16.6. The van der Waals surface area contributed by atoms with Gasteiger partial charge in [0.1, 0.15) is 0 Å². The van der Waals surface area contributed by atoms with Gasteiger partial charge in [0, 0.05) is 44.7 Å². The molecule has 3 atom stereocenters. The van der Waals surface area contributed by atoms with Crippen molar-refractivity contribution in [2.45, 2.75) is 45.1 Å². The van der Waals surface area contributed by atoms with Gasteiger partial charge in [0.15, 0.2) is 0 Å². The maximum atomic E-state index is 12.9. The number of nitrogens with zero attached hydrogens (tertiary/aromatic N) is 2. The zero-order valence-electron chi connectivity index (χ0n) is 15.8. The minimum absolute atomic E-state index is 0.